The molecule has 0 spiro atoms. The largest absolute Gasteiger partial charge is 0.451 e. The van der Waals surface area contributed by atoms with Crippen LogP contribution in [0.3, 0.4) is 0 Å². The number of hydrazone groups is 1. The highest BCUT2D eigenvalue weighted by Gasteiger charge is 2.32. The van der Waals surface area contributed by atoms with Crippen LogP contribution >= 0.6 is 0 Å². The van der Waals surface area contributed by atoms with Gasteiger partial charge in [-0.2, -0.15) is 18.3 Å². The average Bonchev–Trinajstić information content (AvgIpc) is 2.88. The summed E-state index contributed by atoms with van der Waals surface area (Å²) in [5, 5.41) is 7.57. The first-order chi connectivity index (χ1) is 17.2. The maximum Gasteiger partial charge on any atom is 0.416 e. The predicted octanol–water partition coefficient (Wildman–Crippen LogP) is 3.21. The van der Waals surface area contributed by atoms with E-state index in [1.807, 2.05) is 0 Å². The van der Waals surface area contributed by atoms with Gasteiger partial charge in [-0.3, -0.25) is 9.59 Å². The lowest BCUT2D eigenvalue weighted by atomic mass is 10.1. The lowest BCUT2D eigenvalue weighted by Gasteiger charge is -2.31. The number of alkyl halides is 3. The number of nitrogens with zero attached hydrogens (tertiary/aromatic N) is 3. The van der Waals surface area contributed by atoms with Crippen LogP contribution in [0.25, 0.3) is 0 Å². The molecule has 1 fully saturated rings. The Hall–Kier alpha value is -3.93. The second-order valence-electron chi connectivity index (χ2n) is 8.04. The normalized spacial score (nSPS) is 16.4. The number of nitrogens with one attached hydrogen (secondary N) is 1. The van der Waals surface area contributed by atoms with Crippen molar-refractivity contribution in [3.05, 3.63) is 54.1 Å². The number of amides is 2. The molecule has 0 radical (unpaired) electrons. The standard InChI is InChI=1S/C24H23F3N4O5/c25-24(26,27)16-6-8-20(30-10-12-35-13-11-30)19(14-16)28-21(32)15-36-23(34)18-7-9-22(33)31(29-18)17-4-2-1-3-5-17/h1-6,8,14H,7,9-13,15H2,(H,28,32). The first-order valence-corrected chi connectivity index (χ1v) is 11.2. The Morgan fingerprint density at radius 3 is 2.47 bits per heavy atom. The van der Waals surface area contributed by atoms with Gasteiger partial charge >= 0.3 is 12.1 Å². The Morgan fingerprint density at radius 1 is 1.06 bits per heavy atom. The number of rotatable bonds is 6. The number of carbonyl (C=O) groups excluding carboxylic acids is 3. The Balaban J connectivity index is 1.44. The summed E-state index contributed by atoms with van der Waals surface area (Å²) in [5.41, 5.74) is -0.137. The summed E-state index contributed by atoms with van der Waals surface area (Å²) in [5.74, 6) is -2.00. The highest BCUT2D eigenvalue weighted by Crippen LogP contribution is 2.35. The number of morpholine rings is 1. The van der Waals surface area contributed by atoms with Crippen molar-refractivity contribution in [3.8, 4) is 0 Å². The van der Waals surface area contributed by atoms with Gasteiger partial charge in [0.2, 0.25) is 5.91 Å². The monoisotopic (exact) mass is 504 g/mol. The van der Waals surface area contributed by atoms with Crippen LogP contribution in [0.5, 0.6) is 0 Å². The van der Waals surface area contributed by atoms with Crippen LogP contribution in [-0.4, -0.2) is 56.4 Å². The summed E-state index contributed by atoms with van der Waals surface area (Å²) in [7, 11) is 0. The van der Waals surface area contributed by atoms with E-state index in [9.17, 15) is 27.6 Å². The molecule has 2 amide bonds. The third-order valence-electron chi connectivity index (χ3n) is 5.55. The van der Waals surface area contributed by atoms with Crippen molar-refractivity contribution < 1.29 is 37.0 Å². The quantitative estimate of drug-likeness (QED) is 0.607. The Kier molecular flexibility index (Phi) is 7.53. The number of anilines is 3. The molecule has 0 saturated carbocycles. The first kappa shape index (κ1) is 25.2. The SMILES string of the molecule is O=C(COC(=O)C1=NN(c2ccccc2)C(=O)CC1)Nc1cc(C(F)(F)F)ccc1N1CCOCC1. The van der Waals surface area contributed by atoms with E-state index in [0.717, 1.165) is 17.1 Å². The molecule has 0 aromatic heterocycles. The van der Waals surface area contributed by atoms with Crippen LogP contribution in [0, 0.1) is 0 Å². The fraction of sp³-hybridized carbons (Fsp3) is 0.333. The van der Waals surface area contributed by atoms with E-state index in [4.69, 9.17) is 9.47 Å². The molecule has 2 aliphatic heterocycles. The second-order valence-corrected chi connectivity index (χ2v) is 8.04. The third kappa shape index (κ3) is 6.00. The van der Waals surface area contributed by atoms with Crippen LogP contribution in [0.15, 0.2) is 53.6 Å². The van der Waals surface area contributed by atoms with E-state index in [0.29, 0.717) is 37.7 Å². The summed E-state index contributed by atoms with van der Waals surface area (Å²) in [6.07, 6.45) is -4.53. The zero-order valence-corrected chi connectivity index (χ0v) is 19.1. The fourth-order valence-corrected chi connectivity index (χ4v) is 3.76. The number of para-hydroxylation sites is 1. The van der Waals surface area contributed by atoms with Crippen molar-refractivity contribution in [1.29, 1.82) is 0 Å². The average molecular weight is 504 g/mol. The van der Waals surface area contributed by atoms with Crippen LogP contribution in [-0.2, 0) is 30.0 Å². The smallest absolute Gasteiger partial charge is 0.416 e. The number of esters is 1. The first-order valence-electron chi connectivity index (χ1n) is 11.2. The number of benzene rings is 2. The molecular weight excluding hydrogens is 481 g/mol. The van der Waals surface area contributed by atoms with Gasteiger partial charge in [-0.25, -0.2) is 9.80 Å². The minimum Gasteiger partial charge on any atom is -0.451 e. The molecule has 2 aromatic rings. The van der Waals surface area contributed by atoms with E-state index >= 15 is 0 Å². The maximum atomic E-state index is 13.3. The summed E-state index contributed by atoms with van der Waals surface area (Å²) in [6, 6.07) is 11.6. The van der Waals surface area contributed by atoms with Crippen LogP contribution in [0.1, 0.15) is 18.4 Å². The molecule has 2 aromatic carbocycles. The summed E-state index contributed by atoms with van der Waals surface area (Å²) in [6.45, 7) is 0.947. The fourth-order valence-electron chi connectivity index (χ4n) is 3.76. The van der Waals surface area contributed by atoms with E-state index in [1.165, 1.54) is 6.07 Å². The van der Waals surface area contributed by atoms with E-state index in [-0.39, 0.29) is 30.1 Å². The molecule has 36 heavy (non-hydrogen) atoms. The molecule has 0 unspecified atom stereocenters. The Labute approximate surface area is 204 Å². The van der Waals surface area contributed by atoms with Crippen molar-refractivity contribution in [2.24, 2.45) is 5.10 Å². The number of hydrogen-bond donors (Lipinski definition) is 1. The molecule has 0 bridgehead atoms. The molecule has 9 nitrogen and oxygen atoms in total. The minimum absolute atomic E-state index is 0.0299. The molecule has 2 aliphatic rings. The minimum atomic E-state index is -4.60. The van der Waals surface area contributed by atoms with Gasteiger partial charge in [-0.15, -0.1) is 0 Å². The summed E-state index contributed by atoms with van der Waals surface area (Å²) < 4.78 is 50.1. The molecule has 2 heterocycles. The van der Waals surface area contributed by atoms with Gasteiger partial charge in [0.25, 0.3) is 5.91 Å². The molecular formula is C24H23F3N4O5. The van der Waals surface area contributed by atoms with Crippen molar-refractivity contribution in [2.75, 3.05) is 48.1 Å². The number of carbonyl (C=O) groups is 3. The van der Waals surface area contributed by atoms with Gasteiger partial charge in [-0.1, -0.05) is 18.2 Å². The van der Waals surface area contributed by atoms with Crippen molar-refractivity contribution >= 4 is 40.6 Å². The number of ether oxygens (including phenoxy) is 2. The van der Waals surface area contributed by atoms with E-state index < -0.39 is 30.2 Å². The van der Waals surface area contributed by atoms with Gasteiger partial charge in [0.05, 0.1) is 35.8 Å². The highest BCUT2D eigenvalue weighted by atomic mass is 19.4. The zero-order chi connectivity index (χ0) is 25.7. The second kappa shape index (κ2) is 10.8. The van der Waals surface area contributed by atoms with Gasteiger partial charge in [0.15, 0.2) is 6.61 Å². The summed E-state index contributed by atoms with van der Waals surface area (Å²) in [4.78, 5) is 39.0. The van der Waals surface area contributed by atoms with E-state index in [2.05, 4.69) is 10.4 Å². The van der Waals surface area contributed by atoms with Crippen molar-refractivity contribution in [2.45, 2.75) is 19.0 Å². The molecule has 12 heteroatoms. The lowest BCUT2D eigenvalue weighted by Crippen LogP contribution is -2.37. The molecule has 190 valence electrons. The number of halogens is 3. The van der Waals surface area contributed by atoms with Gasteiger partial charge < -0.3 is 19.7 Å². The van der Waals surface area contributed by atoms with E-state index in [1.54, 1.807) is 35.2 Å². The van der Waals surface area contributed by atoms with Gasteiger partial charge in [-0.05, 0) is 30.3 Å². The van der Waals surface area contributed by atoms with Crippen LogP contribution in [0.4, 0.5) is 30.2 Å². The topological polar surface area (TPSA) is 101 Å². The molecule has 0 aliphatic carbocycles. The number of hydrogen-bond acceptors (Lipinski definition) is 7. The third-order valence-corrected chi connectivity index (χ3v) is 5.55. The van der Waals surface area contributed by atoms with Gasteiger partial charge in [0.1, 0.15) is 5.71 Å². The Bertz CT molecular complexity index is 1160. The molecule has 0 atom stereocenters. The maximum absolute atomic E-state index is 13.3. The highest BCUT2D eigenvalue weighted by molar-refractivity contribution is 6.38. The van der Waals surface area contributed by atoms with Crippen molar-refractivity contribution in [1.82, 2.24) is 0 Å². The molecule has 1 N–H and O–H groups in total. The predicted molar refractivity (Wildman–Crippen MR) is 125 cm³/mol. The lowest BCUT2D eigenvalue weighted by molar-refractivity contribution is -0.140. The molecule has 1 saturated heterocycles. The van der Waals surface area contributed by atoms with Crippen LogP contribution in [0.2, 0.25) is 0 Å². The molecule has 4 rings (SSSR count). The zero-order valence-electron chi connectivity index (χ0n) is 19.1. The summed E-state index contributed by atoms with van der Waals surface area (Å²) >= 11 is 0. The van der Waals surface area contributed by atoms with Crippen molar-refractivity contribution in [3.63, 3.8) is 0 Å². The van der Waals surface area contributed by atoms with Crippen LogP contribution < -0.4 is 15.2 Å². The van der Waals surface area contributed by atoms with Gasteiger partial charge in [0, 0.05) is 25.9 Å². The Morgan fingerprint density at radius 2 is 1.78 bits per heavy atom.